The van der Waals surface area contributed by atoms with E-state index in [0.29, 0.717) is 0 Å². The molecule has 1 atom stereocenters. The number of methoxy groups -OCH3 is 1. The first-order chi connectivity index (χ1) is 7.99. The number of amides is 1. The van der Waals surface area contributed by atoms with Gasteiger partial charge in [0.15, 0.2) is 0 Å². The van der Waals surface area contributed by atoms with Gasteiger partial charge in [-0.1, -0.05) is 6.07 Å². The molecular formula is C13H20N2O2. The van der Waals surface area contributed by atoms with Gasteiger partial charge >= 0.3 is 0 Å². The number of aryl methyl sites for hydroxylation is 2. The molecule has 17 heavy (non-hydrogen) atoms. The summed E-state index contributed by atoms with van der Waals surface area (Å²) in [5.74, 6) is 0.621. The Bertz CT molecular complexity index is 416. The van der Waals surface area contributed by atoms with E-state index in [-0.39, 0.29) is 18.5 Å². The van der Waals surface area contributed by atoms with E-state index in [1.54, 1.807) is 7.11 Å². The summed E-state index contributed by atoms with van der Waals surface area (Å²) >= 11 is 0. The first-order valence-electron chi connectivity index (χ1n) is 5.64. The Hall–Kier alpha value is -1.55. The summed E-state index contributed by atoms with van der Waals surface area (Å²) < 4.78 is 5.33. The Labute approximate surface area is 102 Å². The summed E-state index contributed by atoms with van der Waals surface area (Å²) in [6.07, 6.45) is 0. The lowest BCUT2D eigenvalue weighted by atomic mass is 10.0. The predicted molar refractivity (Wildman–Crippen MR) is 68.1 cm³/mol. The monoisotopic (exact) mass is 236 g/mol. The fourth-order valence-electron chi connectivity index (χ4n) is 1.71. The van der Waals surface area contributed by atoms with Crippen molar-refractivity contribution in [3.05, 3.63) is 28.8 Å². The third-order valence-electron chi connectivity index (χ3n) is 2.88. The molecule has 0 bridgehead atoms. The highest BCUT2D eigenvalue weighted by Crippen LogP contribution is 2.28. The molecule has 0 aromatic heterocycles. The van der Waals surface area contributed by atoms with Crippen molar-refractivity contribution in [3.8, 4) is 5.75 Å². The Balaban J connectivity index is 3.03. The molecule has 0 saturated heterocycles. The van der Waals surface area contributed by atoms with Crippen LogP contribution in [0.4, 0.5) is 0 Å². The maximum absolute atomic E-state index is 11.3. The third-order valence-corrected chi connectivity index (χ3v) is 2.88. The van der Waals surface area contributed by atoms with Gasteiger partial charge in [0.1, 0.15) is 5.75 Å². The van der Waals surface area contributed by atoms with E-state index in [0.717, 1.165) is 11.3 Å². The SMILES string of the molecule is COc1cc(C)c(C)cc1C(C)NC(=O)CN. The van der Waals surface area contributed by atoms with Crippen LogP contribution in [0.5, 0.6) is 5.75 Å². The molecule has 1 unspecified atom stereocenters. The van der Waals surface area contributed by atoms with Crippen LogP contribution in [0.25, 0.3) is 0 Å². The van der Waals surface area contributed by atoms with Crippen LogP contribution in [-0.2, 0) is 4.79 Å². The smallest absolute Gasteiger partial charge is 0.234 e. The molecule has 1 aromatic rings. The predicted octanol–water partition coefficient (Wildman–Crippen LogP) is 1.45. The van der Waals surface area contributed by atoms with Gasteiger partial charge in [-0.3, -0.25) is 4.79 Å². The number of carbonyl (C=O) groups is 1. The number of benzene rings is 1. The van der Waals surface area contributed by atoms with E-state index >= 15 is 0 Å². The molecule has 1 rings (SSSR count). The number of carbonyl (C=O) groups excluding carboxylic acids is 1. The molecular weight excluding hydrogens is 216 g/mol. The Morgan fingerprint density at radius 2 is 2.00 bits per heavy atom. The number of nitrogens with two attached hydrogens (primary N) is 1. The van der Waals surface area contributed by atoms with Crippen LogP contribution in [-0.4, -0.2) is 19.6 Å². The number of ether oxygens (including phenoxy) is 1. The second-order valence-electron chi connectivity index (χ2n) is 4.17. The summed E-state index contributed by atoms with van der Waals surface area (Å²) in [6, 6.07) is 3.91. The van der Waals surface area contributed by atoms with Crippen LogP contribution in [0.3, 0.4) is 0 Å². The standard InChI is InChI=1S/C13H20N2O2/c1-8-5-11(10(3)15-13(16)7-14)12(17-4)6-9(8)2/h5-6,10H,7,14H2,1-4H3,(H,15,16). The van der Waals surface area contributed by atoms with Crippen molar-refractivity contribution >= 4 is 5.91 Å². The molecule has 1 aromatic carbocycles. The van der Waals surface area contributed by atoms with Crippen molar-refractivity contribution in [3.63, 3.8) is 0 Å². The molecule has 0 fully saturated rings. The minimum atomic E-state index is -0.169. The van der Waals surface area contributed by atoms with Gasteiger partial charge in [0, 0.05) is 5.56 Å². The maximum atomic E-state index is 11.3. The van der Waals surface area contributed by atoms with Crippen molar-refractivity contribution in [1.82, 2.24) is 5.32 Å². The Morgan fingerprint density at radius 3 is 2.53 bits per heavy atom. The van der Waals surface area contributed by atoms with Gasteiger partial charge in [0.25, 0.3) is 0 Å². The Morgan fingerprint density at radius 1 is 1.41 bits per heavy atom. The van der Waals surface area contributed by atoms with E-state index in [9.17, 15) is 4.79 Å². The second kappa shape index (κ2) is 5.68. The van der Waals surface area contributed by atoms with Crippen molar-refractivity contribution in [2.24, 2.45) is 5.73 Å². The van der Waals surface area contributed by atoms with E-state index in [4.69, 9.17) is 10.5 Å². The third kappa shape index (κ3) is 3.20. The van der Waals surface area contributed by atoms with Crippen molar-refractivity contribution < 1.29 is 9.53 Å². The Kier molecular flexibility index (Phi) is 4.52. The van der Waals surface area contributed by atoms with Gasteiger partial charge in [-0.25, -0.2) is 0 Å². The highest BCUT2D eigenvalue weighted by molar-refractivity contribution is 5.78. The maximum Gasteiger partial charge on any atom is 0.234 e. The number of rotatable bonds is 4. The molecule has 4 nitrogen and oxygen atoms in total. The second-order valence-corrected chi connectivity index (χ2v) is 4.17. The van der Waals surface area contributed by atoms with Gasteiger partial charge in [-0.15, -0.1) is 0 Å². The van der Waals surface area contributed by atoms with Crippen LogP contribution < -0.4 is 15.8 Å². The average molecular weight is 236 g/mol. The first kappa shape index (κ1) is 13.5. The van der Waals surface area contributed by atoms with Gasteiger partial charge in [-0.05, 0) is 38.0 Å². The normalized spacial score (nSPS) is 12.1. The molecule has 4 heteroatoms. The molecule has 0 aliphatic rings. The van der Waals surface area contributed by atoms with Crippen LogP contribution in [0.15, 0.2) is 12.1 Å². The lowest BCUT2D eigenvalue weighted by molar-refractivity contribution is -0.120. The molecule has 0 heterocycles. The van der Waals surface area contributed by atoms with Crippen LogP contribution in [0.1, 0.15) is 29.7 Å². The summed E-state index contributed by atoms with van der Waals surface area (Å²) in [4.78, 5) is 11.3. The molecule has 1 amide bonds. The zero-order valence-corrected chi connectivity index (χ0v) is 10.8. The molecule has 3 N–H and O–H groups in total. The fraction of sp³-hybridized carbons (Fsp3) is 0.462. The van der Waals surface area contributed by atoms with E-state index in [1.165, 1.54) is 11.1 Å². The quantitative estimate of drug-likeness (QED) is 0.831. The number of nitrogens with one attached hydrogen (secondary N) is 1. The van der Waals surface area contributed by atoms with Crippen LogP contribution >= 0.6 is 0 Å². The molecule has 0 spiro atoms. The van der Waals surface area contributed by atoms with Gasteiger partial charge < -0.3 is 15.8 Å². The highest BCUT2D eigenvalue weighted by atomic mass is 16.5. The highest BCUT2D eigenvalue weighted by Gasteiger charge is 2.14. The summed E-state index contributed by atoms with van der Waals surface area (Å²) in [6.45, 7) is 5.98. The van der Waals surface area contributed by atoms with Gasteiger partial charge in [-0.2, -0.15) is 0 Å². The van der Waals surface area contributed by atoms with E-state index in [2.05, 4.69) is 5.32 Å². The lowest BCUT2D eigenvalue weighted by Crippen LogP contribution is -2.32. The molecule has 0 saturated carbocycles. The largest absolute Gasteiger partial charge is 0.496 e. The zero-order valence-electron chi connectivity index (χ0n) is 10.8. The topological polar surface area (TPSA) is 64.3 Å². The van der Waals surface area contributed by atoms with Crippen molar-refractivity contribution in [2.45, 2.75) is 26.8 Å². The van der Waals surface area contributed by atoms with E-state index in [1.807, 2.05) is 32.9 Å². The molecule has 0 aliphatic carbocycles. The molecule has 0 radical (unpaired) electrons. The fourth-order valence-corrected chi connectivity index (χ4v) is 1.71. The lowest BCUT2D eigenvalue weighted by Gasteiger charge is -2.18. The molecule has 94 valence electrons. The summed E-state index contributed by atoms with van der Waals surface area (Å²) in [5.41, 5.74) is 8.59. The summed E-state index contributed by atoms with van der Waals surface area (Å²) in [7, 11) is 1.63. The van der Waals surface area contributed by atoms with Gasteiger partial charge in [0.2, 0.25) is 5.91 Å². The number of hydrogen-bond donors (Lipinski definition) is 2. The van der Waals surface area contributed by atoms with Crippen molar-refractivity contribution in [1.29, 1.82) is 0 Å². The minimum absolute atomic E-state index is 0.00248. The minimum Gasteiger partial charge on any atom is -0.496 e. The van der Waals surface area contributed by atoms with Crippen LogP contribution in [0.2, 0.25) is 0 Å². The molecule has 0 aliphatic heterocycles. The summed E-state index contributed by atoms with van der Waals surface area (Å²) in [5, 5.41) is 2.82. The average Bonchev–Trinajstić information content (AvgIpc) is 2.31. The zero-order chi connectivity index (χ0) is 13.0. The van der Waals surface area contributed by atoms with Crippen molar-refractivity contribution in [2.75, 3.05) is 13.7 Å². The van der Waals surface area contributed by atoms with E-state index < -0.39 is 0 Å². The first-order valence-corrected chi connectivity index (χ1v) is 5.64. The number of hydrogen-bond acceptors (Lipinski definition) is 3. The van der Waals surface area contributed by atoms with Crippen LogP contribution in [0, 0.1) is 13.8 Å². The van der Waals surface area contributed by atoms with Gasteiger partial charge in [0.05, 0.1) is 19.7 Å².